The predicted molar refractivity (Wildman–Crippen MR) is 98.8 cm³/mol. The highest BCUT2D eigenvalue weighted by Gasteiger charge is 2.30. The number of benzene rings is 1. The first kappa shape index (κ1) is 15.7. The molecule has 1 amide bonds. The number of anilines is 1. The molecule has 0 bridgehead atoms. The summed E-state index contributed by atoms with van der Waals surface area (Å²) < 4.78 is 7.67. The van der Waals surface area contributed by atoms with E-state index in [9.17, 15) is 4.79 Å². The Kier molecular flexibility index (Phi) is 3.71. The number of ether oxygens (including phenoxy) is 1. The van der Waals surface area contributed by atoms with Crippen molar-refractivity contribution in [3.63, 3.8) is 0 Å². The predicted octanol–water partition coefficient (Wildman–Crippen LogP) is 3.91. The van der Waals surface area contributed by atoms with E-state index in [4.69, 9.17) is 4.74 Å². The summed E-state index contributed by atoms with van der Waals surface area (Å²) in [5.41, 5.74) is 4.33. The van der Waals surface area contributed by atoms with Gasteiger partial charge in [0.2, 0.25) is 5.91 Å². The Balaban J connectivity index is 1.82. The molecule has 1 aliphatic carbocycles. The molecule has 1 aliphatic rings. The standard InChI is InChI=1S/C20H21N3O2/c1-12-15-11-21-18(22-20(24)13-8-9-13)10-16(15)23(2)19(12)14-6-4-5-7-17(14)25-3/h4-7,10-11,13H,8-9H2,1-3H3,(H,21,22,24). The number of carbonyl (C=O) groups is 1. The van der Waals surface area contributed by atoms with Crippen LogP contribution in [0, 0.1) is 12.8 Å². The molecule has 0 unspecified atom stereocenters. The Labute approximate surface area is 146 Å². The number of hydrogen-bond acceptors (Lipinski definition) is 3. The molecule has 4 rings (SSSR count). The molecule has 2 heterocycles. The van der Waals surface area contributed by atoms with Crippen LogP contribution in [0.25, 0.3) is 22.2 Å². The average Bonchev–Trinajstić information content (AvgIpc) is 3.44. The first-order valence-electron chi connectivity index (χ1n) is 8.49. The third kappa shape index (κ3) is 2.65. The molecule has 1 fully saturated rings. The molecule has 1 aromatic carbocycles. The molecule has 5 nitrogen and oxygen atoms in total. The number of fused-ring (bicyclic) bond motifs is 1. The number of aromatic nitrogens is 2. The van der Waals surface area contributed by atoms with Gasteiger partial charge in [-0.3, -0.25) is 4.79 Å². The van der Waals surface area contributed by atoms with Crippen LogP contribution in [0.5, 0.6) is 5.75 Å². The largest absolute Gasteiger partial charge is 0.496 e. The van der Waals surface area contributed by atoms with Gasteiger partial charge in [-0.25, -0.2) is 4.98 Å². The van der Waals surface area contributed by atoms with Gasteiger partial charge in [-0.1, -0.05) is 12.1 Å². The summed E-state index contributed by atoms with van der Waals surface area (Å²) in [4.78, 5) is 16.4. The number of nitrogens with zero attached hydrogens (tertiary/aromatic N) is 2. The van der Waals surface area contributed by atoms with Crippen LogP contribution >= 0.6 is 0 Å². The lowest BCUT2D eigenvalue weighted by molar-refractivity contribution is -0.117. The minimum absolute atomic E-state index is 0.0720. The Morgan fingerprint density at radius 3 is 2.80 bits per heavy atom. The van der Waals surface area contributed by atoms with Crippen molar-refractivity contribution in [1.29, 1.82) is 0 Å². The Hall–Kier alpha value is -2.82. The molecule has 2 aromatic heterocycles. The van der Waals surface area contributed by atoms with Crippen molar-refractivity contribution in [2.24, 2.45) is 13.0 Å². The minimum Gasteiger partial charge on any atom is -0.496 e. The van der Waals surface area contributed by atoms with Gasteiger partial charge < -0.3 is 14.6 Å². The molecule has 0 aliphatic heterocycles. The molecular weight excluding hydrogens is 314 g/mol. The lowest BCUT2D eigenvalue weighted by atomic mass is 10.1. The van der Waals surface area contributed by atoms with Crippen molar-refractivity contribution in [3.05, 3.63) is 42.1 Å². The molecule has 0 atom stereocenters. The van der Waals surface area contributed by atoms with Gasteiger partial charge in [0.25, 0.3) is 0 Å². The second-order valence-corrected chi connectivity index (χ2v) is 6.58. The molecule has 0 radical (unpaired) electrons. The van der Waals surface area contributed by atoms with Gasteiger partial charge in [-0.05, 0) is 37.5 Å². The molecule has 3 aromatic rings. The van der Waals surface area contributed by atoms with Crippen molar-refractivity contribution >= 4 is 22.6 Å². The first-order valence-corrected chi connectivity index (χ1v) is 8.49. The number of rotatable bonds is 4. The zero-order valence-electron chi connectivity index (χ0n) is 14.7. The number of aryl methyl sites for hydroxylation is 2. The summed E-state index contributed by atoms with van der Waals surface area (Å²) in [5.74, 6) is 1.68. The smallest absolute Gasteiger partial charge is 0.228 e. The molecular formula is C20H21N3O2. The molecule has 1 N–H and O–H groups in total. The van der Waals surface area contributed by atoms with Crippen LogP contribution in [0.15, 0.2) is 36.5 Å². The van der Waals surface area contributed by atoms with Crippen LogP contribution < -0.4 is 10.1 Å². The summed E-state index contributed by atoms with van der Waals surface area (Å²) in [7, 11) is 3.72. The summed E-state index contributed by atoms with van der Waals surface area (Å²) in [5, 5.41) is 4.00. The highest BCUT2D eigenvalue weighted by atomic mass is 16.5. The van der Waals surface area contributed by atoms with E-state index in [0.29, 0.717) is 5.82 Å². The van der Waals surface area contributed by atoms with E-state index in [1.54, 1.807) is 7.11 Å². The second-order valence-electron chi connectivity index (χ2n) is 6.58. The monoisotopic (exact) mass is 335 g/mol. The van der Waals surface area contributed by atoms with Crippen molar-refractivity contribution in [1.82, 2.24) is 9.55 Å². The number of carbonyl (C=O) groups excluding carboxylic acids is 1. The number of nitrogens with one attached hydrogen (secondary N) is 1. The van der Waals surface area contributed by atoms with E-state index in [1.807, 2.05) is 37.5 Å². The zero-order valence-corrected chi connectivity index (χ0v) is 14.7. The second kappa shape index (κ2) is 5.92. The minimum atomic E-state index is 0.0720. The molecule has 25 heavy (non-hydrogen) atoms. The van der Waals surface area contributed by atoms with Crippen molar-refractivity contribution < 1.29 is 9.53 Å². The highest BCUT2D eigenvalue weighted by Crippen LogP contribution is 2.37. The maximum Gasteiger partial charge on any atom is 0.228 e. The molecule has 5 heteroatoms. The quantitative estimate of drug-likeness (QED) is 0.786. The van der Waals surface area contributed by atoms with Gasteiger partial charge in [-0.15, -0.1) is 0 Å². The number of pyridine rings is 1. The molecule has 0 spiro atoms. The van der Waals surface area contributed by atoms with E-state index in [1.165, 1.54) is 0 Å². The molecule has 0 saturated heterocycles. The third-order valence-corrected chi connectivity index (χ3v) is 4.90. The first-order chi connectivity index (χ1) is 12.1. The van der Waals surface area contributed by atoms with E-state index >= 15 is 0 Å². The van der Waals surface area contributed by atoms with Crippen molar-refractivity contribution in [2.45, 2.75) is 19.8 Å². The molecule has 128 valence electrons. The van der Waals surface area contributed by atoms with Crippen molar-refractivity contribution in [2.75, 3.05) is 12.4 Å². The fourth-order valence-electron chi connectivity index (χ4n) is 3.38. The lowest BCUT2D eigenvalue weighted by Gasteiger charge is -2.11. The van der Waals surface area contributed by atoms with E-state index in [-0.39, 0.29) is 11.8 Å². The maximum atomic E-state index is 12.0. The fourth-order valence-corrected chi connectivity index (χ4v) is 3.38. The summed E-state index contributed by atoms with van der Waals surface area (Å²) in [6.07, 6.45) is 3.80. The van der Waals surface area contributed by atoms with Gasteiger partial charge in [0.1, 0.15) is 11.6 Å². The van der Waals surface area contributed by atoms with Crippen LogP contribution in [-0.2, 0) is 11.8 Å². The summed E-state index contributed by atoms with van der Waals surface area (Å²) in [6.45, 7) is 2.09. The number of para-hydroxylation sites is 1. The van der Waals surface area contributed by atoms with E-state index in [0.717, 1.165) is 46.3 Å². The maximum absolute atomic E-state index is 12.0. The number of methoxy groups -OCH3 is 1. The Morgan fingerprint density at radius 2 is 2.08 bits per heavy atom. The fraction of sp³-hybridized carbons (Fsp3) is 0.300. The topological polar surface area (TPSA) is 56.1 Å². The van der Waals surface area contributed by atoms with Gasteiger partial charge in [0.05, 0.1) is 18.3 Å². The highest BCUT2D eigenvalue weighted by molar-refractivity contribution is 5.97. The Bertz CT molecular complexity index is 970. The van der Waals surface area contributed by atoms with Crippen LogP contribution in [0.4, 0.5) is 5.82 Å². The lowest BCUT2D eigenvalue weighted by Crippen LogP contribution is -2.14. The van der Waals surface area contributed by atoms with Crippen LogP contribution in [0.1, 0.15) is 18.4 Å². The van der Waals surface area contributed by atoms with Gasteiger partial charge in [0.15, 0.2) is 0 Å². The van der Waals surface area contributed by atoms with Gasteiger partial charge >= 0.3 is 0 Å². The summed E-state index contributed by atoms with van der Waals surface area (Å²) >= 11 is 0. The zero-order chi connectivity index (χ0) is 17.6. The number of amides is 1. The van der Waals surface area contributed by atoms with Gasteiger partial charge in [-0.2, -0.15) is 0 Å². The number of hydrogen-bond donors (Lipinski definition) is 1. The summed E-state index contributed by atoms with van der Waals surface area (Å²) in [6, 6.07) is 9.94. The Morgan fingerprint density at radius 1 is 1.32 bits per heavy atom. The van der Waals surface area contributed by atoms with Gasteiger partial charge in [0, 0.05) is 36.2 Å². The normalized spacial score (nSPS) is 13.9. The third-order valence-electron chi connectivity index (χ3n) is 4.90. The van der Waals surface area contributed by atoms with Crippen LogP contribution in [-0.4, -0.2) is 22.6 Å². The van der Waals surface area contributed by atoms with Crippen molar-refractivity contribution in [3.8, 4) is 17.0 Å². The van der Waals surface area contributed by atoms with Crippen LogP contribution in [0.2, 0.25) is 0 Å². The molecule has 1 saturated carbocycles. The van der Waals surface area contributed by atoms with E-state index < -0.39 is 0 Å². The SMILES string of the molecule is COc1ccccc1-c1c(C)c2cnc(NC(=O)C3CC3)cc2n1C. The van der Waals surface area contributed by atoms with E-state index in [2.05, 4.69) is 27.9 Å². The van der Waals surface area contributed by atoms with Crippen LogP contribution in [0.3, 0.4) is 0 Å². The average molecular weight is 335 g/mol.